The lowest BCUT2D eigenvalue weighted by atomic mass is 10.4. The minimum absolute atomic E-state index is 0.363. The van der Waals surface area contributed by atoms with Gasteiger partial charge in [0.05, 0.1) is 4.90 Å². The summed E-state index contributed by atoms with van der Waals surface area (Å²) >= 11 is 3.32. The second-order valence-corrected chi connectivity index (χ2v) is 2.90. The van der Waals surface area contributed by atoms with Crippen LogP contribution in [0, 0.1) is 0 Å². The molecule has 1 aromatic heterocycles. The number of hydrogen-bond donors (Lipinski definition) is 1. The maximum Gasteiger partial charge on any atom is 0.451 e. The zero-order valence-electron chi connectivity index (χ0n) is 6.69. The van der Waals surface area contributed by atoms with Crippen molar-refractivity contribution in [3.05, 3.63) is 17.7 Å². The Labute approximate surface area is 84.7 Å². The third-order valence-corrected chi connectivity index (χ3v) is 1.62. The Kier molecular flexibility index (Phi) is 2.85. The van der Waals surface area contributed by atoms with Gasteiger partial charge in [0, 0.05) is 6.20 Å². The molecule has 0 aromatic carbocycles. The van der Waals surface area contributed by atoms with E-state index in [1.54, 1.807) is 0 Å². The van der Waals surface area contributed by atoms with Crippen LogP contribution in [-0.4, -0.2) is 9.97 Å². The average molecular weight is 248 g/mol. The van der Waals surface area contributed by atoms with Gasteiger partial charge in [0.15, 0.2) is 5.69 Å². The summed E-state index contributed by atoms with van der Waals surface area (Å²) in [5.74, 6) is -1.84. The van der Waals surface area contributed by atoms with Crippen molar-refractivity contribution in [3.8, 4) is 0 Å². The van der Waals surface area contributed by atoms with Crippen LogP contribution in [0.5, 0.6) is 0 Å². The van der Waals surface area contributed by atoms with Crippen molar-refractivity contribution < 1.29 is 26.3 Å². The Morgan fingerprint density at radius 2 is 1.53 bits per heavy atom. The van der Waals surface area contributed by atoms with Crippen LogP contribution in [0.2, 0.25) is 0 Å². The minimum Gasteiger partial charge on any atom is -0.232 e. The van der Waals surface area contributed by atoms with Crippen LogP contribution in [0.15, 0.2) is 11.1 Å². The fraction of sp³-hybridized carbons (Fsp3) is 0.333. The summed E-state index contributed by atoms with van der Waals surface area (Å²) in [6, 6.07) is 0. The monoisotopic (exact) mass is 248 g/mol. The smallest absolute Gasteiger partial charge is 0.232 e. The summed E-state index contributed by atoms with van der Waals surface area (Å²) in [4.78, 5) is 4.33. The van der Waals surface area contributed by atoms with Crippen molar-refractivity contribution >= 4 is 12.6 Å². The molecular formula is C6H2F6N2S. The minimum atomic E-state index is -5.01. The SMILES string of the molecule is FC(F)(F)c1ncc(S)c(C(F)(F)F)n1. The van der Waals surface area contributed by atoms with E-state index in [2.05, 4.69) is 22.6 Å². The van der Waals surface area contributed by atoms with Gasteiger partial charge < -0.3 is 0 Å². The maximum absolute atomic E-state index is 12.1. The zero-order valence-corrected chi connectivity index (χ0v) is 7.58. The standard InChI is InChI=1S/C6H2F6N2S/c7-5(8,9)3-2(15)1-13-4(14-3)6(10,11)12/h1,15H. The second kappa shape index (κ2) is 3.54. The molecule has 1 aromatic rings. The Hall–Kier alpha value is -0.990. The van der Waals surface area contributed by atoms with E-state index in [4.69, 9.17) is 0 Å². The highest BCUT2D eigenvalue weighted by Gasteiger charge is 2.40. The van der Waals surface area contributed by atoms with E-state index in [9.17, 15) is 26.3 Å². The fourth-order valence-corrected chi connectivity index (χ4v) is 0.955. The molecule has 1 rings (SSSR count). The molecule has 0 aliphatic rings. The van der Waals surface area contributed by atoms with E-state index in [0.29, 0.717) is 6.20 Å². The normalized spacial score (nSPS) is 13.0. The van der Waals surface area contributed by atoms with E-state index >= 15 is 0 Å². The third-order valence-electron chi connectivity index (χ3n) is 1.29. The van der Waals surface area contributed by atoms with Crippen LogP contribution in [0.25, 0.3) is 0 Å². The van der Waals surface area contributed by atoms with Crippen LogP contribution < -0.4 is 0 Å². The van der Waals surface area contributed by atoms with Crippen molar-refractivity contribution in [1.82, 2.24) is 9.97 Å². The lowest BCUT2D eigenvalue weighted by Crippen LogP contribution is -2.17. The third kappa shape index (κ3) is 2.74. The highest BCUT2D eigenvalue weighted by Crippen LogP contribution is 2.34. The van der Waals surface area contributed by atoms with Gasteiger partial charge in [-0.2, -0.15) is 26.3 Å². The molecule has 0 amide bonds. The molecule has 0 saturated heterocycles. The number of aromatic nitrogens is 2. The van der Waals surface area contributed by atoms with Crippen molar-refractivity contribution in [3.63, 3.8) is 0 Å². The summed E-state index contributed by atoms with van der Waals surface area (Å²) in [6.07, 6.45) is -9.64. The molecule has 0 aliphatic carbocycles. The summed E-state index contributed by atoms with van der Waals surface area (Å²) in [5.41, 5.74) is -1.70. The van der Waals surface area contributed by atoms with Crippen LogP contribution in [0.3, 0.4) is 0 Å². The van der Waals surface area contributed by atoms with Gasteiger partial charge in [-0.05, 0) is 0 Å². The maximum atomic E-state index is 12.1. The van der Waals surface area contributed by atoms with E-state index in [1.165, 1.54) is 0 Å². The highest BCUT2D eigenvalue weighted by atomic mass is 32.1. The fourth-order valence-electron chi connectivity index (χ4n) is 0.721. The number of thiol groups is 1. The number of nitrogens with zero attached hydrogens (tertiary/aromatic N) is 2. The van der Waals surface area contributed by atoms with E-state index in [0.717, 1.165) is 0 Å². The lowest BCUT2D eigenvalue weighted by molar-refractivity contribution is -0.154. The molecule has 2 nitrogen and oxygen atoms in total. The highest BCUT2D eigenvalue weighted by molar-refractivity contribution is 7.80. The quantitative estimate of drug-likeness (QED) is 0.564. The molecule has 0 atom stereocenters. The predicted octanol–water partition coefficient (Wildman–Crippen LogP) is 2.80. The second-order valence-electron chi connectivity index (χ2n) is 2.42. The first-order valence-electron chi connectivity index (χ1n) is 3.33. The molecule has 84 valence electrons. The summed E-state index contributed by atoms with van der Waals surface area (Å²) in [7, 11) is 0. The lowest BCUT2D eigenvalue weighted by Gasteiger charge is -2.10. The van der Waals surface area contributed by atoms with E-state index < -0.39 is 28.8 Å². The molecule has 0 unspecified atom stereocenters. The molecule has 0 saturated carbocycles. The number of hydrogen-bond acceptors (Lipinski definition) is 3. The molecule has 9 heteroatoms. The van der Waals surface area contributed by atoms with E-state index in [1.807, 2.05) is 0 Å². The molecule has 0 aliphatic heterocycles. The van der Waals surface area contributed by atoms with Gasteiger partial charge in [-0.1, -0.05) is 0 Å². The first-order chi connectivity index (χ1) is 6.62. The van der Waals surface area contributed by atoms with E-state index in [-0.39, 0.29) is 0 Å². The predicted molar refractivity (Wildman–Crippen MR) is 39.3 cm³/mol. The van der Waals surface area contributed by atoms with Crippen LogP contribution in [0.4, 0.5) is 26.3 Å². The molecule has 1 heterocycles. The first kappa shape index (κ1) is 12.1. The van der Waals surface area contributed by atoms with Crippen LogP contribution in [0.1, 0.15) is 11.5 Å². The number of halogens is 6. The van der Waals surface area contributed by atoms with Gasteiger partial charge in [-0.15, -0.1) is 12.6 Å². The van der Waals surface area contributed by atoms with Gasteiger partial charge in [0.1, 0.15) is 0 Å². The first-order valence-corrected chi connectivity index (χ1v) is 3.77. The number of rotatable bonds is 0. The molecule has 0 spiro atoms. The van der Waals surface area contributed by atoms with Gasteiger partial charge >= 0.3 is 12.4 Å². The van der Waals surface area contributed by atoms with Crippen molar-refractivity contribution in [2.45, 2.75) is 17.2 Å². The largest absolute Gasteiger partial charge is 0.451 e. The van der Waals surface area contributed by atoms with Gasteiger partial charge in [0.25, 0.3) is 0 Å². The molecule has 0 bridgehead atoms. The van der Waals surface area contributed by atoms with Crippen molar-refractivity contribution in [1.29, 1.82) is 0 Å². The molecular weight excluding hydrogens is 246 g/mol. The average Bonchev–Trinajstić information content (AvgIpc) is 2.00. The molecule has 0 N–H and O–H groups in total. The molecule has 0 radical (unpaired) electrons. The molecule has 15 heavy (non-hydrogen) atoms. The van der Waals surface area contributed by atoms with Crippen LogP contribution in [-0.2, 0) is 12.4 Å². The Morgan fingerprint density at radius 1 is 1.00 bits per heavy atom. The Bertz CT molecular complexity index is 371. The summed E-state index contributed by atoms with van der Waals surface area (Å²) < 4.78 is 72.2. The van der Waals surface area contributed by atoms with Crippen molar-refractivity contribution in [2.75, 3.05) is 0 Å². The Morgan fingerprint density at radius 3 is 1.93 bits per heavy atom. The number of alkyl halides is 6. The zero-order chi connectivity index (χ0) is 11.9. The van der Waals surface area contributed by atoms with Gasteiger partial charge in [-0.25, -0.2) is 9.97 Å². The van der Waals surface area contributed by atoms with Gasteiger partial charge in [-0.3, -0.25) is 0 Å². The summed E-state index contributed by atoms with van der Waals surface area (Å²) in [6.45, 7) is 0. The summed E-state index contributed by atoms with van der Waals surface area (Å²) in [5, 5.41) is 0. The molecule has 0 fully saturated rings. The van der Waals surface area contributed by atoms with Gasteiger partial charge in [0.2, 0.25) is 5.82 Å². The Balaban J connectivity index is 3.30. The topological polar surface area (TPSA) is 25.8 Å². The van der Waals surface area contributed by atoms with Crippen molar-refractivity contribution in [2.24, 2.45) is 0 Å². The van der Waals surface area contributed by atoms with Crippen LogP contribution >= 0.6 is 12.6 Å².